The molecule has 28 heavy (non-hydrogen) atoms. The Kier molecular flexibility index (Phi) is 6.87. The average Bonchev–Trinajstić information content (AvgIpc) is 2.70. The number of nitrogens with zero attached hydrogens (tertiary/aromatic N) is 2. The summed E-state index contributed by atoms with van der Waals surface area (Å²) in [5.41, 5.74) is 2.95. The first-order valence-corrected chi connectivity index (χ1v) is 9.87. The van der Waals surface area contributed by atoms with Crippen molar-refractivity contribution < 1.29 is 9.53 Å². The van der Waals surface area contributed by atoms with Gasteiger partial charge in [0.15, 0.2) is 5.75 Å². The highest BCUT2D eigenvalue weighted by Gasteiger charge is 2.15. The molecule has 0 radical (unpaired) electrons. The summed E-state index contributed by atoms with van der Waals surface area (Å²) in [6.07, 6.45) is 5.26. The van der Waals surface area contributed by atoms with Crippen molar-refractivity contribution >= 4 is 5.91 Å². The second kappa shape index (κ2) is 9.55. The first-order chi connectivity index (χ1) is 13.5. The van der Waals surface area contributed by atoms with Crippen LogP contribution in [0.3, 0.4) is 0 Å². The van der Waals surface area contributed by atoms with Crippen LogP contribution in [0.15, 0.2) is 41.3 Å². The van der Waals surface area contributed by atoms with Gasteiger partial charge in [0.2, 0.25) is 11.3 Å². The molecular weight excluding hydrogens is 354 g/mol. The molecule has 1 N–H and O–H groups in total. The Morgan fingerprint density at radius 3 is 2.54 bits per heavy atom. The number of carbonyl (C=O) groups is 1. The summed E-state index contributed by atoms with van der Waals surface area (Å²) in [6, 6.07) is 9.69. The SMILES string of the molecule is COc1cn(CC(=O)NCc2ccc(C)cc2)c(CN2CCCCC2)cc1=O. The average molecular weight is 383 g/mol. The van der Waals surface area contributed by atoms with Crippen molar-refractivity contribution in [2.75, 3.05) is 20.2 Å². The van der Waals surface area contributed by atoms with Gasteiger partial charge in [0.1, 0.15) is 6.54 Å². The fourth-order valence-corrected chi connectivity index (χ4v) is 3.49. The molecule has 1 aromatic heterocycles. The molecule has 6 nitrogen and oxygen atoms in total. The highest BCUT2D eigenvalue weighted by atomic mass is 16.5. The Morgan fingerprint density at radius 2 is 1.86 bits per heavy atom. The molecule has 1 aliphatic heterocycles. The predicted molar refractivity (Wildman–Crippen MR) is 109 cm³/mol. The third-order valence-corrected chi connectivity index (χ3v) is 5.16. The summed E-state index contributed by atoms with van der Waals surface area (Å²) in [5.74, 6) is 0.167. The summed E-state index contributed by atoms with van der Waals surface area (Å²) in [7, 11) is 1.48. The molecule has 0 spiro atoms. The quantitative estimate of drug-likeness (QED) is 0.798. The minimum absolute atomic E-state index is 0.0915. The molecule has 1 saturated heterocycles. The number of ether oxygens (including phenoxy) is 1. The van der Waals surface area contributed by atoms with Gasteiger partial charge in [0.05, 0.1) is 13.3 Å². The van der Waals surface area contributed by atoms with E-state index in [1.165, 1.54) is 31.9 Å². The number of likely N-dealkylation sites (tertiary alicyclic amines) is 1. The van der Waals surface area contributed by atoms with Crippen LogP contribution >= 0.6 is 0 Å². The molecule has 3 rings (SSSR count). The van der Waals surface area contributed by atoms with E-state index in [0.717, 1.165) is 24.3 Å². The second-order valence-corrected chi connectivity index (χ2v) is 7.42. The van der Waals surface area contributed by atoms with E-state index in [4.69, 9.17) is 4.74 Å². The van der Waals surface area contributed by atoms with E-state index in [0.29, 0.717) is 13.1 Å². The third kappa shape index (κ3) is 5.45. The van der Waals surface area contributed by atoms with E-state index < -0.39 is 0 Å². The number of hydrogen-bond acceptors (Lipinski definition) is 4. The van der Waals surface area contributed by atoms with Crippen molar-refractivity contribution in [1.82, 2.24) is 14.8 Å². The number of piperidine rings is 1. The number of carbonyl (C=O) groups excluding carboxylic acids is 1. The van der Waals surface area contributed by atoms with E-state index >= 15 is 0 Å². The molecule has 150 valence electrons. The van der Waals surface area contributed by atoms with Gasteiger partial charge in [-0.2, -0.15) is 0 Å². The molecule has 1 aromatic carbocycles. The minimum Gasteiger partial charge on any atom is -0.491 e. The van der Waals surface area contributed by atoms with Crippen LogP contribution in [0.2, 0.25) is 0 Å². The van der Waals surface area contributed by atoms with Crippen molar-refractivity contribution in [2.24, 2.45) is 0 Å². The highest BCUT2D eigenvalue weighted by molar-refractivity contribution is 5.75. The molecule has 6 heteroatoms. The summed E-state index contributed by atoms with van der Waals surface area (Å²) in [4.78, 5) is 27.1. The molecule has 0 unspecified atom stereocenters. The number of amides is 1. The maximum Gasteiger partial charge on any atom is 0.240 e. The van der Waals surface area contributed by atoms with Gasteiger partial charge in [-0.1, -0.05) is 36.2 Å². The molecule has 1 fully saturated rings. The van der Waals surface area contributed by atoms with Crippen LogP contribution in [0.25, 0.3) is 0 Å². The lowest BCUT2D eigenvalue weighted by Gasteiger charge is -2.27. The zero-order valence-corrected chi connectivity index (χ0v) is 16.7. The van der Waals surface area contributed by atoms with Crippen molar-refractivity contribution in [2.45, 2.75) is 45.8 Å². The van der Waals surface area contributed by atoms with E-state index in [1.807, 2.05) is 35.8 Å². The fraction of sp³-hybridized carbons (Fsp3) is 0.455. The maximum absolute atomic E-state index is 12.5. The van der Waals surface area contributed by atoms with Gasteiger partial charge in [-0.3, -0.25) is 14.5 Å². The highest BCUT2D eigenvalue weighted by Crippen LogP contribution is 2.14. The van der Waals surface area contributed by atoms with Crippen LogP contribution in [-0.4, -0.2) is 35.6 Å². The van der Waals surface area contributed by atoms with Gasteiger partial charge in [-0.05, 0) is 38.4 Å². The predicted octanol–water partition coefficient (Wildman–Crippen LogP) is 2.47. The largest absolute Gasteiger partial charge is 0.491 e. The monoisotopic (exact) mass is 383 g/mol. The molecule has 0 saturated carbocycles. The Morgan fingerprint density at radius 1 is 1.14 bits per heavy atom. The third-order valence-electron chi connectivity index (χ3n) is 5.16. The Balaban J connectivity index is 1.70. The summed E-state index contributed by atoms with van der Waals surface area (Å²) >= 11 is 0. The number of hydrogen-bond donors (Lipinski definition) is 1. The lowest BCUT2D eigenvalue weighted by atomic mass is 10.1. The van der Waals surface area contributed by atoms with Crippen LogP contribution in [-0.2, 0) is 24.4 Å². The molecule has 2 aromatic rings. The molecule has 1 aliphatic rings. The number of aromatic nitrogens is 1. The Bertz CT molecular complexity index is 852. The zero-order chi connectivity index (χ0) is 19.9. The number of benzene rings is 1. The van der Waals surface area contributed by atoms with Gasteiger partial charge in [0.25, 0.3) is 0 Å². The second-order valence-electron chi connectivity index (χ2n) is 7.42. The number of nitrogens with one attached hydrogen (secondary N) is 1. The lowest BCUT2D eigenvalue weighted by Crippen LogP contribution is -2.33. The lowest BCUT2D eigenvalue weighted by molar-refractivity contribution is -0.121. The number of aryl methyl sites for hydroxylation is 1. The normalized spacial score (nSPS) is 14.6. The van der Waals surface area contributed by atoms with Crippen LogP contribution in [0.1, 0.15) is 36.1 Å². The van der Waals surface area contributed by atoms with Crippen LogP contribution in [0, 0.1) is 6.92 Å². The molecule has 1 amide bonds. The van der Waals surface area contributed by atoms with Crippen molar-refractivity contribution in [3.05, 3.63) is 63.6 Å². The van der Waals surface area contributed by atoms with E-state index in [2.05, 4.69) is 10.2 Å². The summed E-state index contributed by atoms with van der Waals surface area (Å²) < 4.78 is 7.01. The van der Waals surface area contributed by atoms with Crippen molar-refractivity contribution in [1.29, 1.82) is 0 Å². The van der Waals surface area contributed by atoms with Gasteiger partial charge in [-0.25, -0.2) is 0 Å². The zero-order valence-electron chi connectivity index (χ0n) is 16.7. The van der Waals surface area contributed by atoms with Gasteiger partial charge in [0, 0.05) is 24.8 Å². The number of methoxy groups -OCH3 is 1. The van der Waals surface area contributed by atoms with Gasteiger partial charge < -0.3 is 14.6 Å². The van der Waals surface area contributed by atoms with Crippen LogP contribution in [0.5, 0.6) is 5.75 Å². The molecule has 0 aliphatic carbocycles. The fourth-order valence-electron chi connectivity index (χ4n) is 3.49. The van der Waals surface area contributed by atoms with E-state index in [1.54, 1.807) is 12.3 Å². The molecular formula is C22H29N3O3. The maximum atomic E-state index is 12.5. The molecule has 0 atom stereocenters. The molecule has 0 bridgehead atoms. The number of pyridine rings is 1. The first kappa shape index (κ1) is 20.1. The summed E-state index contributed by atoms with van der Waals surface area (Å²) in [6.45, 7) is 5.41. The Labute approximate surface area is 166 Å². The smallest absolute Gasteiger partial charge is 0.240 e. The number of rotatable bonds is 7. The molecule has 2 heterocycles. The van der Waals surface area contributed by atoms with Crippen LogP contribution in [0.4, 0.5) is 0 Å². The van der Waals surface area contributed by atoms with Crippen LogP contribution < -0.4 is 15.5 Å². The van der Waals surface area contributed by atoms with Crippen molar-refractivity contribution in [3.63, 3.8) is 0 Å². The van der Waals surface area contributed by atoms with Gasteiger partial charge >= 0.3 is 0 Å². The van der Waals surface area contributed by atoms with Gasteiger partial charge in [-0.15, -0.1) is 0 Å². The summed E-state index contributed by atoms with van der Waals surface area (Å²) in [5, 5.41) is 2.96. The Hall–Kier alpha value is -2.60. The minimum atomic E-state index is -0.147. The standard InChI is InChI=1S/C22H29N3O3/c1-17-6-8-18(9-7-17)13-23-22(27)16-25-15-21(28-2)20(26)12-19(25)14-24-10-4-3-5-11-24/h6-9,12,15H,3-5,10-11,13-14,16H2,1-2H3,(H,23,27). The first-order valence-electron chi connectivity index (χ1n) is 9.87. The van der Waals surface area contributed by atoms with E-state index in [-0.39, 0.29) is 23.6 Å². The van der Waals surface area contributed by atoms with E-state index in [9.17, 15) is 9.59 Å². The van der Waals surface area contributed by atoms with Crippen molar-refractivity contribution in [3.8, 4) is 5.75 Å². The topological polar surface area (TPSA) is 63.6 Å².